The minimum atomic E-state index is -0.429. The lowest BCUT2D eigenvalue weighted by Gasteiger charge is -2.12. The Bertz CT molecular complexity index is 450. The highest BCUT2D eigenvalue weighted by molar-refractivity contribution is 7.99. The van der Waals surface area contributed by atoms with Crippen LogP contribution in [0.1, 0.15) is 12.5 Å². The second-order valence-electron chi connectivity index (χ2n) is 4.34. The van der Waals surface area contributed by atoms with Gasteiger partial charge in [0.2, 0.25) is 5.91 Å². The lowest BCUT2D eigenvalue weighted by molar-refractivity contribution is -0.384. The van der Waals surface area contributed by atoms with E-state index < -0.39 is 4.92 Å². The van der Waals surface area contributed by atoms with E-state index in [-0.39, 0.29) is 17.6 Å². The summed E-state index contributed by atoms with van der Waals surface area (Å²) >= 11 is 1.47. The molecule has 0 heterocycles. The zero-order chi connectivity index (χ0) is 15.0. The number of methoxy groups -OCH3 is 1. The number of nitrogens with zero attached hydrogens (tertiary/aromatic N) is 1. The van der Waals surface area contributed by atoms with Gasteiger partial charge in [0.1, 0.15) is 0 Å². The molecule has 1 aromatic carbocycles. The molecule has 0 saturated heterocycles. The van der Waals surface area contributed by atoms with Crippen molar-refractivity contribution in [2.24, 2.45) is 0 Å². The van der Waals surface area contributed by atoms with Gasteiger partial charge in [0.25, 0.3) is 5.69 Å². The highest BCUT2D eigenvalue weighted by Gasteiger charge is 2.08. The summed E-state index contributed by atoms with van der Waals surface area (Å²) < 4.78 is 4.93. The molecule has 1 atom stereocenters. The highest BCUT2D eigenvalue weighted by atomic mass is 32.2. The number of amides is 1. The average molecular weight is 298 g/mol. The van der Waals surface area contributed by atoms with Crippen molar-refractivity contribution in [2.75, 3.05) is 19.5 Å². The molecule has 0 radical (unpaired) electrons. The van der Waals surface area contributed by atoms with Gasteiger partial charge in [-0.2, -0.15) is 0 Å². The predicted octanol–water partition coefficient (Wildman–Crippen LogP) is 1.98. The average Bonchev–Trinajstić information content (AvgIpc) is 2.39. The largest absolute Gasteiger partial charge is 0.383 e. The van der Waals surface area contributed by atoms with Crippen LogP contribution >= 0.6 is 11.8 Å². The zero-order valence-corrected chi connectivity index (χ0v) is 12.3. The van der Waals surface area contributed by atoms with Gasteiger partial charge in [-0.3, -0.25) is 14.9 Å². The van der Waals surface area contributed by atoms with Crippen molar-refractivity contribution in [2.45, 2.75) is 18.7 Å². The molecule has 0 bridgehead atoms. The van der Waals surface area contributed by atoms with E-state index in [2.05, 4.69) is 5.32 Å². The minimum absolute atomic E-state index is 0.00697. The van der Waals surface area contributed by atoms with Crippen molar-refractivity contribution in [3.05, 3.63) is 39.9 Å². The molecule has 0 saturated carbocycles. The molecule has 0 aromatic heterocycles. The summed E-state index contributed by atoms with van der Waals surface area (Å²) in [6.07, 6.45) is 0. The number of non-ortho nitro benzene ring substituents is 1. The van der Waals surface area contributed by atoms with E-state index in [4.69, 9.17) is 4.74 Å². The Kier molecular flexibility index (Phi) is 7.03. The van der Waals surface area contributed by atoms with Gasteiger partial charge < -0.3 is 10.1 Å². The molecule has 0 aliphatic carbocycles. The van der Waals surface area contributed by atoms with Crippen LogP contribution in [0.3, 0.4) is 0 Å². The second kappa shape index (κ2) is 8.55. The summed E-state index contributed by atoms with van der Waals surface area (Å²) in [5, 5.41) is 13.3. The van der Waals surface area contributed by atoms with Gasteiger partial charge in [0, 0.05) is 31.0 Å². The smallest absolute Gasteiger partial charge is 0.269 e. The number of hydrogen-bond donors (Lipinski definition) is 1. The number of benzene rings is 1. The molecule has 0 aliphatic rings. The number of thioether (sulfide) groups is 1. The molecule has 1 rings (SSSR count). The van der Waals surface area contributed by atoms with Crippen LogP contribution in [0.25, 0.3) is 0 Å². The fourth-order valence-corrected chi connectivity index (χ4v) is 2.38. The quantitative estimate of drug-likeness (QED) is 0.586. The van der Waals surface area contributed by atoms with Crippen molar-refractivity contribution in [3.63, 3.8) is 0 Å². The molecule has 0 aliphatic heterocycles. The molecule has 7 heteroatoms. The fraction of sp³-hybridized carbons (Fsp3) is 0.462. The topological polar surface area (TPSA) is 81.5 Å². The van der Waals surface area contributed by atoms with Crippen LogP contribution in [0.4, 0.5) is 5.69 Å². The highest BCUT2D eigenvalue weighted by Crippen LogP contribution is 2.16. The number of rotatable bonds is 8. The molecule has 0 unspecified atom stereocenters. The minimum Gasteiger partial charge on any atom is -0.383 e. The number of nitrogens with one attached hydrogen (secondary N) is 1. The van der Waals surface area contributed by atoms with Crippen LogP contribution in [0.2, 0.25) is 0 Å². The second-order valence-corrected chi connectivity index (χ2v) is 5.33. The van der Waals surface area contributed by atoms with E-state index in [0.29, 0.717) is 18.1 Å². The van der Waals surface area contributed by atoms with Gasteiger partial charge in [0.05, 0.1) is 17.3 Å². The summed E-state index contributed by atoms with van der Waals surface area (Å²) in [7, 11) is 1.59. The number of carbonyl (C=O) groups excluding carboxylic acids is 1. The lowest BCUT2D eigenvalue weighted by atomic mass is 10.2. The maximum absolute atomic E-state index is 11.6. The van der Waals surface area contributed by atoms with Gasteiger partial charge in [-0.25, -0.2) is 0 Å². The molecule has 1 aromatic rings. The summed E-state index contributed by atoms with van der Waals surface area (Å²) in [6.45, 7) is 2.36. The van der Waals surface area contributed by atoms with Crippen molar-refractivity contribution in [1.82, 2.24) is 5.32 Å². The summed E-state index contributed by atoms with van der Waals surface area (Å²) in [4.78, 5) is 21.7. The van der Waals surface area contributed by atoms with Crippen LogP contribution in [0.15, 0.2) is 24.3 Å². The van der Waals surface area contributed by atoms with Crippen molar-refractivity contribution < 1.29 is 14.5 Å². The summed E-state index contributed by atoms with van der Waals surface area (Å²) in [5.74, 6) is 0.955. The van der Waals surface area contributed by atoms with E-state index in [1.54, 1.807) is 19.2 Å². The van der Waals surface area contributed by atoms with Crippen molar-refractivity contribution in [1.29, 1.82) is 0 Å². The first-order valence-electron chi connectivity index (χ1n) is 6.12. The van der Waals surface area contributed by atoms with E-state index in [1.807, 2.05) is 6.92 Å². The zero-order valence-electron chi connectivity index (χ0n) is 11.5. The fourth-order valence-electron chi connectivity index (χ4n) is 1.58. The molecule has 6 nitrogen and oxygen atoms in total. The third-order valence-electron chi connectivity index (χ3n) is 2.47. The number of nitro groups is 1. The molecule has 1 N–H and O–H groups in total. The Morgan fingerprint density at radius 2 is 2.10 bits per heavy atom. The number of ether oxygens (including phenoxy) is 1. The van der Waals surface area contributed by atoms with Crippen LogP contribution in [0, 0.1) is 10.1 Å². The standard InChI is InChI=1S/C13H18N2O4S/c1-10(7-19-2)14-13(16)9-20-8-11-3-5-12(6-4-11)15(17)18/h3-6,10H,7-9H2,1-2H3,(H,14,16)/t10-/m0/s1. The maximum Gasteiger partial charge on any atom is 0.269 e. The Labute approximate surface area is 122 Å². The molecule has 1 amide bonds. The first-order chi connectivity index (χ1) is 9.52. The molecule has 0 fully saturated rings. The number of hydrogen-bond acceptors (Lipinski definition) is 5. The van der Waals surface area contributed by atoms with E-state index in [0.717, 1.165) is 5.56 Å². The first kappa shape index (κ1) is 16.5. The Balaban J connectivity index is 2.30. The Morgan fingerprint density at radius 1 is 1.45 bits per heavy atom. The van der Waals surface area contributed by atoms with Gasteiger partial charge in [-0.15, -0.1) is 11.8 Å². The van der Waals surface area contributed by atoms with Crippen molar-refractivity contribution in [3.8, 4) is 0 Å². The summed E-state index contributed by atoms with van der Waals surface area (Å²) in [6, 6.07) is 6.34. The van der Waals surface area contributed by atoms with Crippen LogP contribution in [0.5, 0.6) is 0 Å². The Hall–Kier alpha value is -1.60. The molecular formula is C13H18N2O4S. The van der Waals surface area contributed by atoms with Crippen LogP contribution in [-0.2, 0) is 15.3 Å². The summed E-state index contributed by atoms with van der Waals surface area (Å²) in [5.41, 5.74) is 1.03. The number of carbonyl (C=O) groups is 1. The third-order valence-corrected chi connectivity index (χ3v) is 3.48. The maximum atomic E-state index is 11.6. The molecule has 0 spiro atoms. The lowest BCUT2D eigenvalue weighted by Crippen LogP contribution is -2.36. The Morgan fingerprint density at radius 3 is 2.65 bits per heavy atom. The van der Waals surface area contributed by atoms with Crippen LogP contribution in [-0.4, -0.2) is 36.3 Å². The SMILES string of the molecule is COC[C@H](C)NC(=O)CSCc1ccc([N+](=O)[O-])cc1. The van der Waals surface area contributed by atoms with E-state index >= 15 is 0 Å². The normalized spacial score (nSPS) is 11.9. The van der Waals surface area contributed by atoms with Crippen molar-refractivity contribution >= 4 is 23.4 Å². The van der Waals surface area contributed by atoms with E-state index in [1.165, 1.54) is 23.9 Å². The van der Waals surface area contributed by atoms with Crippen LogP contribution < -0.4 is 5.32 Å². The van der Waals surface area contributed by atoms with Gasteiger partial charge >= 0.3 is 0 Å². The molecular weight excluding hydrogens is 280 g/mol. The third kappa shape index (κ3) is 6.03. The van der Waals surface area contributed by atoms with Gasteiger partial charge in [-0.05, 0) is 12.5 Å². The number of nitro benzene ring substituents is 1. The molecule has 20 heavy (non-hydrogen) atoms. The predicted molar refractivity (Wildman–Crippen MR) is 78.7 cm³/mol. The van der Waals surface area contributed by atoms with E-state index in [9.17, 15) is 14.9 Å². The van der Waals surface area contributed by atoms with Gasteiger partial charge in [-0.1, -0.05) is 12.1 Å². The first-order valence-corrected chi connectivity index (χ1v) is 7.27. The van der Waals surface area contributed by atoms with Gasteiger partial charge in [0.15, 0.2) is 0 Å². The monoisotopic (exact) mass is 298 g/mol. The molecule has 110 valence electrons.